The second-order valence-electron chi connectivity index (χ2n) is 7.62. The molecule has 4 aromatic rings. The van der Waals surface area contributed by atoms with Gasteiger partial charge in [0.05, 0.1) is 11.3 Å². The molecule has 0 spiro atoms. The van der Waals surface area contributed by atoms with Crippen LogP contribution in [0.3, 0.4) is 0 Å². The second-order valence-corrected chi connectivity index (χ2v) is 8.56. The van der Waals surface area contributed by atoms with Crippen LogP contribution in [0.4, 0.5) is 8.78 Å². The monoisotopic (exact) mass is 464 g/mol. The summed E-state index contributed by atoms with van der Waals surface area (Å²) in [4.78, 5) is 14.3. The van der Waals surface area contributed by atoms with E-state index in [1.807, 2.05) is 31.2 Å². The van der Waals surface area contributed by atoms with Crippen molar-refractivity contribution in [2.75, 3.05) is 12.8 Å². The van der Waals surface area contributed by atoms with Crippen molar-refractivity contribution >= 4 is 17.7 Å². The average molecular weight is 465 g/mol. The Balaban J connectivity index is 1.57. The Hall–Kier alpha value is -3.52. The lowest BCUT2D eigenvalue weighted by atomic mass is 10.2. The van der Waals surface area contributed by atoms with Gasteiger partial charge in [-0.2, -0.15) is 0 Å². The average Bonchev–Trinajstić information content (AvgIpc) is 3.23. The van der Waals surface area contributed by atoms with Crippen LogP contribution in [0.25, 0.3) is 17.1 Å². The first-order valence-corrected chi connectivity index (χ1v) is 11.3. The highest BCUT2D eigenvalue weighted by Crippen LogP contribution is 2.29. The highest BCUT2D eigenvalue weighted by atomic mass is 32.2. The molecule has 0 unspecified atom stereocenters. The molecule has 0 N–H and O–H groups in total. The number of halogens is 2. The molecule has 5 nitrogen and oxygen atoms in total. The zero-order valence-corrected chi connectivity index (χ0v) is 19.0. The smallest absolute Gasteiger partial charge is 0.233 e. The molecule has 3 aromatic carbocycles. The molecule has 33 heavy (non-hydrogen) atoms. The maximum Gasteiger partial charge on any atom is 0.233 e. The van der Waals surface area contributed by atoms with Crippen molar-refractivity contribution in [1.82, 2.24) is 19.7 Å². The van der Waals surface area contributed by atoms with Gasteiger partial charge in [0.15, 0.2) is 11.0 Å². The standard InChI is InChI=1S/C25H22F2N4OS/c1-17-7-13-20(14-8-17)31-24(21-5-3-4-6-22(21)27)28-29-25(31)33-16-23(32)30(2)15-18-9-11-19(26)12-10-18/h3-14H,15-16H2,1-2H3. The number of thioether (sulfide) groups is 1. The number of benzene rings is 3. The predicted octanol–water partition coefficient (Wildman–Crippen LogP) is 5.27. The molecular weight excluding hydrogens is 442 g/mol. The maximum absolute atomic E-state index is 14.5. The van der Waals surface area contributed by atoms with Gasteiger partial charge in [-0.25, -0.2) is 8.78 Å². The Morgan fingerprint density at radius 3 is 2.36 bits per heavy atom. The van der Waals surface area contributed by atoms with E-state index < -0.39 is 5.82 Å². The van der Waals surface area contributed by atoms with Crippen LogP contribution < -0.4 is 0 Å². The number of aryl methyl sites for hydroxylation is 1. The summed E-state index contributed by atoms with van der Waals surface area (Å²) in [6, 6.07) is 20.2. The number of carbonyl (C=O) groups is 1. The third-order valence-electron chi connectivity index (χ3n) is 5.12. The van der Waals surface area contributed by atoms with Gasteiger partial charge in [0, 0.05) is 19.3 Å². The molecule has 0 aliphatic carbocycles. The van der Waals surface area contributed by atoms with E-state index in [0.29, 0.717) is 23.1 Å². The minimum Gasteiger partial charge on any atom is -0.341 e. The number of aromatic nitrogens is 3. The molecule has 0 atom stereocenters. The molecule has 0 aliphatic heterocycles. The van der Waals surface area contributed by atoms with Crippen molar-refractivity contribution in [3.05, 3.63) is 95.6 Å². The summed E-state index contributed by atoms with van der Waals surface area (Å²) in [5.74, 6) is -0.338. The van der Waals surface area contributed by atoms with Gasteiger partial charge < -0.3 is 4.90 Å². The van der Waals surface area contributed by atoms with Crippen molar-refractivity contribution in [2.24, 2.45) is 0 Å². The van der Waals surface area contributed by atoms with Gasteiger partial charge in [-0.3, -0.25) is 9.36 Å². The van der Waals surface area contributed by atoms with E-state index in [1.54, 1.807) is 46.8 Å². The van der Waals surface area contributed by atoms with Crippen molar-refractivity contribution in [2.45, 2.75) is 18.6 Å². The SMILES string of the molecule is Cc1ccc(-n2c(SCC(=O)N(C)Cc3ccc(F)cc3)nnc2-c2ccccc2F)cc1. The predicted molar refractivity (Wildman–Crippen MR) is 125 cm³/mol. The summed E-state index contributed by atoms with van der Waals surface area (Å²) in [6.07, 6.45) is 0. The van der Waals surface area contributed by atoms with Crippen LogP contribution in [0, 0.1) is 18.6 Å². The van der Waals surface area contributed by atoms with Gasteiger partial charge in [0.1, 0.15) is 11.6 Å². The lowest BCUT2D eigenvalue weighted by Crippen LogP contribution is -2.27. The third kappa shape index (κ3) is 5.28. The highest BCUT2D eigenvalue weighted by Gasteiger charge is 2.20. The molecule has 168 valence electrons. The van der Waals surface area contributed by atoms with Gasteiger partial charge in [-0.1, -0.05) is 53.7 Å². The number of nitrogens with zero attached hydrogens (tertiary/aromatic N) is 4. The second kappa shape index (κ2) is 9.95. The Morgan fingerprint density at radius 2 is 1.67 bits per heavy atom. The summed E-state index contributed by atoms with van der Waals surface area (Å²) in [7, 11) is 1.70. The topological polar surface area (TPSA) is 51.0 Å². The Kier molecular flexibility index (Phi) is 6.84. The molecule has 0 bridgehead atoms. The van der Waals surface area contributed by atoms with E-state index in [2.05, 4.69) is 10.2 Å². The fourth-order valence-corrected chi connectivity index (χ4v) is 4.19. The molecule has 0 aliphatic rings. The molecule has 0 fully saturated rings. The Labute approximate surface area is 195 Å². The maximum atomic E-state index is 14.5. The first-order valence-electron chi connectivity index (χ1n) is 10.3. The van der Waals surface area contributed by atoms with E-state index in [4.69, 9.17) is 0 Å². The Bertz CT molecular complexity index is 1260. The van der Waals surface area contributed by atoms with E-state index in [0.717, 1.165) is 16.8 Å². The quantitative estimate of drug-likeness (QED) is 0.350. The third-order valence-corrected chi connectivity index (χ3v) is 6.04. The fraction of sp³-hybridized carbons (Fsp3) is 0.160. The molecule has 0 saturated heterocycles. The lowest BCUT2D eigenvalue weighted by Gasteiger charge is -2.17. The zero-order valence-electron chi connectivity index (χ0n) is 18.2. The molecule has 4 rings (SSSR count). The first kappa shape index (κ1) is 22.7. The van der Waals surface area contributed by atoms with Gasteiger partial charge >= 0.3 is 0 Å². The number of rotatable bonds is 7. The van der Waals surface area contributed by atoms with Crippen molar-refractivity contribution in [1.29, 1.82) is 0 Å². The highest BCUT2D eigenvalue weighted by molar-refractivity contribution is 7.99. The van der Waals surface area contributed by atoms with Crippen LogP contribution in [0.1, 0.15) is 11.1 Å². The van der Waals surface area contributed by atoms with E-state index >= 15 is 0 Å². The van der Waals surface area contributed by atoms with Crippen LogP contribution in [0.2, 0.25) is 0 Å². The molecule has 1 aromatic heterocycles. The van der Waals surface area contributed by atoms with Gasteiger partial charge in [0.25, 0.3) is 0 Å². The van der Waals surface area contributed by atoms with E-state index in [1.165, 1.54) is 30.0 Å². The molecule has 0 radical (unpaired) electrons. The zero-order chi connectivity index (χ0) is 23.4. The van der Waals surface area contributed by atoms with Crippen LogP contribution in [0.5, 0.6) is 0 Å². The van der Waals surface area contributed by atoms with Crippen molar-refractivity contribution in [3.8, 4) is 17.1 Å². The molecule has 8 heteroatoms. The summed E-state index contributed by atoms with van der Waals surface area (Å²) in [5, 5.41) is 8.98. The molecule has 1 amide bonds. The number of hydrogen-bond acceptors (Lipinski definition) is 4. The van der Waals surface area contributed by atoms with Crippen LogP contribution in [0.15, 0.2) is 78.0 Å². The number of hydrogen-bond donors (Lipinski definition) is 0. The van der Waals surface area contributed by atoms with Crippen LogP contribution in [-0.2, 0) is 11.3 Å². The van der Waals surface area contributed by atoms with Crippen LogP contribution >= 0.6 is 11.8 Å². The number of carbonyl (C=O) groups excluding carboxylic acids is 1. The van der Waals surface area contributed by atoms with Gasteiger partial charge in [-0.15, -0.1) is 10.2 Å². The Morgan fingerprint density at radius 1 is 0.970 bits per heavy atom. The van der Waals surface area contributed by atoms with E-state index in [-0.39, 0.29) is 17.5 Å². The van der Waals surface area contributed by atoms with Gasteiger partial charge in [-0.05, 0) is 48.9 Å². The summed E-state index contributed by atoms with van der Waals surface area (Å²) in [5.41, 5.74) is 3.03. The molecular formula is C25H22F2N4OS. The minimum absolute atomic E-state index is 0.116. The van der Waals surface area contributed by atoms with E-state index in [9.17, 15) is 13.6 Å². The largest absolute Gasteiger partial charge is 0.341 e. The molecule has 0 saturated carbocycles. The minimum atomic E-state index is -0.398. The van der Waals surface area contributed by atoms with Crippen LogP contribution in [-0.4, -0.2) is 38.4 Å². The molecule has 1 heterocycles. The number of amides is 1. The van der Waals surface area contributed by atoms with Gasteiger partial charge in [0.2, 0.25) is 5.91 Å². The normalized spacial score (nSPS) is 10.9. The summed E-state index contributed by atoms with van der Waals surface area (Å²) < 4.78 is 29.4. The van der Waals surface area contributed by atoms with Crippen molar-refractivity contribution < 1.29 is 13.6 Å². The lowest BCUT2D eigenvalue weighted by molar-refractivity contribution is -0.127. The summed E-state index contributed by atoms with van der Waals surface area (Å²) >= 11 is 1.23. The first-order chi connectivity index (χ1) is 15.9. The fourth-order valence-electron chi connectivity index (χ4n) is 3.30. The summed E-state index contributed by atoms with van der Waals surface area (Å²) in [6.45, 7) is 2.35. The van der Waals surface area contributed by atoms with Crippen molar-refractivity contribution in [3.63, 3.8) is 0 Å².